The molecular weight excluding hydrogens is 316 g/mol. The fourth-order valence-corrected chi connectivity index (χ4v) is 2.58. The van der Waals surface area contributed by atoms with Crippen LogP contribution < -0.4 is 15.8 Å². The molecule has 0 saturated carbocycles. The van der Waals surface area contributed by atoms with Crippen LogP contribution in [0.15, 0.2) is 48.5 Å². The fourth-order valence-electron chi connectivity index (χ4n) is 2.58. The fraction of sp³-hybridized carbons (Fsp3) is 0.263. The van der Waals surface area contributed by atoms with Crippen LogP contribution in [0.5, 0.6) is 5.75 Å². The second-order valence-corrected chi connectivity index (χ2v) is 5.76. The Balaban J connectivity index is 1.44. The van der Waals surface area contributed by atoms with Gasteiger partial charge in [0.15, 0.2) is 0 Å². The summed E-state index contributed by atoms with van der Waals surface area (Å²) >= 11 is 0. The number of hydrogen-bond donors (Lipinski definition) is 3. The van der Waals surface area contributed by atoms with Gasteiger partial charge in [0.25, 0.3) is 0 Å². The molecule has 4 N–H and O–H groups in total. The van der Waals surface area contributed by atoms with Crippen LogP contribution in [0, 0.1) is 0 Å². The van der Waals surface area contributed by atoms with Crippen molar-refractivity contribution in [2.75, 3.05) is 18.5 Å². The lowest BCUT2D eigenvalue weighted by atomic mass is 10.2. The van der Waals surface area contributed by atoms with Gasteiger partial charge in [0.1, 0.15) is 18.2 Å². The van der Waals surface area contributed by atoms with Crippen LogP contribution in [0.1, 0.15) is 18.7 Å². The van der Waals surface area contributed by atoms with Gasteiger partial charge in [-0.25, -0.2) is 4.98 Å². The Morgan fingerprint density at radius 1 is 1.16 bits per heavy atom. The van der Waals surface area contributed by atoms with Gasteiger partial charge in [-0.3, -0.25) is 4.79 Å². The molecule has 3 aromatic rings. The van der Waals surface area contributed by atoms with Gasteiger partial charge in [-0.2, -0.15) is 0 Å². The van der Waals surface area contributed by atoms with E-state index in [9.17, 15) is 4.79 Å². The normalized spacial score (nSPS) is 10.8. The predicted octanol–water partition coefficient (Wildman–Crippen LogP) is 2.86. The van der Waals surface area contributed by atoms with E-state index in [1.807, 2.05) is 48.5 Å². The minimum atomic E-state index is -0.00765. The molecule has 0 aliphatic rings. The number of aromatic nitrogens is 2. The van der Waals surface area contributed by atoms with Crippen molar-refractivity contribution in [3.63, 3.8) is 0 Å². The van der Waals surface area contributed by atoms with Crippen molar-refractivity contribution in [1.29, 1.82) is 0 Å². The van der Waals surface area contributed by atoms with Gasteiger partial charge in [0.05, 0.1) is 11.0 Å². The quantitative estimate of drug-likeness (QED) is 0.589. The maximum absolute atomic E-state index is 12.0. The molecule has 0 fully saturated rings. The van der Waals surface area contributed by atoms with Crippen molar-refractivity contribution in [1.82, 2.24) is 9.97 Å². The van der Waals surface area contributed by atoms with Crippen molar-refractivity contribution in [2.24, 2.45) is 5.73 Å². The zero-order chi connectivity index (χ0) is 17.5. The highest BCUT2D eigenvalue weighted by Crippen LogP contribution is 2.16. The van der Waals surface area contributed by atoms with Crippen LogP contribution >= 0.6 is 0 Å². The number of rotatable bonds is 8. The van der Waals surface area contributed by atoms with Crippen LogP contribution in [-0.4, -0.2) is 29.0 Å². The Kier molecular flexibility index (Phi) is 5.64. The summed E-state index contributed by atoms with van der Waals surface area (Å²) in [4.78, 5) is 19.8. The number of para-hydroxylation sites is 2. The van der Waals surface area contributed by atoms with Crippen molar-refractivity contribution in [2.45, 2.75) is 19.3 Å². The summed E-state index contributed by atoms with van der Waals surface area (Å²) in [5.74, 6) is 1.65. The third kappa shape index (κ3) is 4.81. The lowest BCUT2D eigenvalue weighted by Gasteiger charge is -2.07. The van der Waals surface area contributed by atoms with Crippen LogP contribution in [0.4, 0.5) is 5.69 Å². The maximum Gasteiger partial charge on any atom is 0.224 e. The lowest BCUT2D eigenvalue weighted by Crippen LogP contribution is -2.12. The minimum Gasteiger partial charge on any atom is -0.492 e. The number of H-pyrrole nitrogens is 1. The molecule has 3 rings (SSSR count). The molecule has 6 heteroatoms. The van der Waals surface area contributed by atoms with Crippen molar-refractivity contribution >= 4 is 22.6 Å². The van der Waals surface area contributed by atoms with E-state index >= 15 is 0 Å². The summed E-state index contributed by atoms with van der Waals surface area (Å²) in [6.45, 7) is 0.956. The number of benzene rings is 2. The van der Waals surface area contributed by atoms with E-state index in [0.29, 0.717) is 19.6 Å². The van der Waals surface area contributed by atoms with Gasteiger partial charge in [0.2, 0.25) is 5.91 Å². The van der Waals surface area contributed by atoms with E-state index in [2.05, 4.69) is 15.3 Å². The molecule has 1 heterocycles. The van der Waals surface area contributed by atoms with Gasteiger partial charge in [-0.15, -0.1) is 0 Å². The van der Waals surface area contributed by atoms with Crippen LogP contribution in [-0.2, 0) is 11.2 Å². The maximum atomic E-state index is 12.0. The predicted molar refractivity (Wildman–Crippen MR) is 98.7 cm³/mol. The summed E-state index contributed by atoms with van der Waals surface area (Å²) in [5.41, 5.74) is 8.14. The summed E-state index contributed by atoms with van der Waals surface area (Å²) in [7, 11) is 0. The third-order valence-corrected chi connectivity index (χ3v) is 3.78. The Hall–Kier alpha value is -2.86. The highest BCUT2D eigenvalue weighted by atomic mass is 16.5. The number of carbonyl (C=O) groups excluding carboxylic acids is 1. The molecular formula is C19H22N4O2. The number of aryl methyl sites for hydroxylation is 1. The van der Waals surface area contributed by atoms with E-state index in [1.165, 1.54) is 0 Å². The van der Waals surface area contributed by atoms with E-state index < -0.39 is 0 Å². The number of nitrogens with zero attached hydrogens (tertiary/aromatic N) is 1. The minimum absolute atomic E-state index is 0.00765. The van der Waals surface area contributed by atoms with Crippen molar-refractivity contribution in [3.05, 3.63) is 54.4 Å². The largest absolute Gasteiger partial charge is 0.492 e. The molecule has 0 aliphatic heterocycles. The first-order valence-corrected chi connectivity index (χ1v) is 8.41. The summed E-state index contributed by atoms with van der Waals surface area (Å²) in [5, 5.41) is 2.89. The second kappa shape index (κ2) is 8.30. The molecule has 0 saturated heterocycles. The lowest BCUT2D eigenvalue weighted by molar-refractivity contribution is -0.116. The second-order valence-electron chi connectivity index (χ2n) is 5.76. The average Bonchev–Trinajstić information content (AvgIpc) is 3.04. The number of carbonyl (C=O) groups is 1. The Morgan fingerprint density at radius 2 is 1.96 bits per heavy atom. The van der Waals surface area contributed by atoms with E-state index in [4.69, 9.17) is 10.5 Å². The number of imidazole rings is 1. The SMILES string of the molecule is NCCOc1ccc(NC(=O)CCCc2nc3ccccc3[nH]2)cc1. The smallest absolute Gasteiger partial charge is 0.224 e. The monoisotopic (exact) mass is 338 g/mol. The van der Waals surface area contributed by atoms with Gasteiger partial charge in [-0.05, 0) is 42.8 Å². The number of anilines is 1. The summed E-state index contributed by atoms with van der Waals surface area (Å²) in [6, 6.07) is 15.2. The molecule has 0 radical (unpaired) electrons. The molecule has 1 amide bonds. The number of ether oxygens (including phenoxy) is 1. The van der Waals surface area contributed by atoms with Crippen molar-refractivity contribution < 1.29 is 9.53 Å². The molecule has 2 aromatic carbocycles. The zero-order valence-electron chi connectivity index (χ0n) is 14.0. The molecule has 1 aromatic heterocycles. The summed E-state index contributed by atoms with van der Waals surface area (Å²) in [6.07, 6.45) is 1.93. The molecule has 0 atom stereocenters. The number of aromatic amines is 1. The van der Waals surface area contributed by atoms with E-state index in [1.54, 1.807) is 0 Å². The Labute approximate surface area is 146 Å². The molecule has 6 nitrogen and oxygen atoms in total. The average molecular weight is 338 g/mol. The number of fused-ring (bicyclic) bond motifs is 1. The zero-order valence-corrected chi connectivity index (χ0v) is 14.0. The molecule has 0 bridgehead atoms. The van der Waals surface area contributed by atoms with Crippen LogP contribution in [0.25, 0.3) is 11.0 Å². The topological polar surface area (TPSA) is 93.0 Å². The van der Waals surface area contributed by atoms with Crippen LogP contribution in [0.3, 0.4) is 0 Å². The Bertz CT molecular complexity index is 794. The number of nitrogens with one attached hydrogen (secondary N) is 2. The first kappa shape index (κ1) is 17.0. The molecule has 0 spiro atoms. The molecule has 0 aliphatic carbocycles. The van der Waals surface area contributed by atoms with Crippen molar-refractivity contribution in [3.8, 4) is 5.75 Å². The standard InChI is InChI=1S/C19H22N4O2/c20-12-13-25-15-10-8-14(9-11-15)21-19(24)7-3-6-18-22-16-4-1-2-5-17(16)23-18/h1-2,4-5,8-11H,3,6-7,12-13,20H2,(H,21,24)(H,22,23). The first-order chi connectivity index (χ1) is 12.2. The van der Waals surface area contributed by atoms with Gasteiger partial charge < -0.3 is 20.8 Å². The van der Waals surface area contributed by atoms with Crippen LogP contribution in [0.2, 0.25) is 0 Å². The highest BCUT2D eigenvalue weighted by Gasteiger charge is 2.06. The highest BCUT2D eigenvalue weighted by molar-refractivity contribution is 5.90. The van der Waals surface area contributed by atoms with E-state index in [-0.39, 0.29) is 5.91 Å². The first-order valence-electron chi connectivity index (χ1n) is 8.41. The van der Waals surface area contributed by atoms with Gasteiger partial charge >= 0.3 is 0 Å². The van der Waals surface area contributed by atoms with E-state index in [0.717, 1.165) is 41.1 Å². The third-order valence-electron chi connectivity index (χ3n) is 3.78. The van der Waals surface area contributed by atoms with Gasteiger partial charge in [-0.1, -0.05) is 12.1 Å². The number of hydrogen-bond acceptors (Lipinski definition) is 4. The Morgan fingerprint density at radius 3 is 2.72 bits per heavy atom. The molecule has 130 valence electrons. The number of nitrogens with two attached hydrogens (primary N) is 1. The van der Waals surface area contributed by atoms with Gasteiger partial charge in [0, 0.05) is 25.1 Å². The molecule has 25 heavy (non-hydrogen) atoms. The number of amides is 1. The molecule has 0 unspecified atom stereocenters. The summed E-state index contributed by atoms with van der Waals surface area (Å²) < 4.78 is 5.41.